The van der Waals surface area contributed by atoms with E-state index in [1.165, 1.54) is 0 Å². The van der Waals surface area contributed by atoms with Crippen LogP contribution in [0.4, 0.5) is 0 Å². The summed E-state index contributed by atoms with van der Waals surface area (Å²) in [5.41, 5.74) is 2.36. The molecule has 0 radical (unpaired) electrons. The molecule has 0 aliphatic carbocycles. The SMILES string of the molecule is O=C(NCc1ccccc1C#CCCO)c1ccc[nH]1. The van der Waals surface area contributed by atoms with Gasteiger partial charge in [-0.2, -0.15) is 0 Å². The average Bonchev–Trinajstić information content (AvgIpc) is 3.00. The molecule has 2 aromatic rings. The van der Waals surface area contributed by atoms with Gasteiger partial charge in [0.2, 0.25) is 0 Å². The van der Waals surface area contributed by atoms with Crippen molar-refractivity contribution < 1.29 is 9.90 Å². The Bertz CT molecular complexity index is 621. The summed E-state index contributed by atoms with van der Waals surface area (Å²) in [7, 11) is 0. The first kappa shape index (κ1) is 13.9. The lowest BCUT2D eigenvalue weighted by molar-refractivity contribution is 0.0946. The van der Waals surface area contributed by atoms with Gasteiger partial charge >= 0.3 is 0 Å². The van der Waals surface area contributed by atoms with Gasteiger partial charge in [0, 0.05) is 24.7 Å². The quantitative estimate of drug-likeness (QED) is 0.739. The van der Waals surface area contributed by atoms with Crippen LogP contribution in [0.3, 0.4) is 0 Å². The molecule has 0 spiro atoms. The van der Waals surface area contributed by atoms with Crippen LogP contribution in [-0.2, 0) is 6.54 Å². The number of aliphatic hydroxyl groups excluding tert-OH is 1. The highest BCUT2D eigenvalue weighted by atomic mass is 16.2. The van der Waals surface area contributed by atoms with Crippen LogP contribution in [0.2, 0.25) is 0 Å². The van der Waals surface area contributed by atoms with Crippen LogP contribution in [0.15, 0.2) is 42.6 Å². The molecule has 1 aromatic heterocycles. The molecule has 1 heterocycles. The summed E-state index contributed by atoms with van der Waals surface area (Å²) in [5.74, 6) is 5.75. The van der Waals surface area contributed by atoms with Crippen LogP contribution in [0.25, 0.3) is 0 Å². The van der Waals surface area contributed by atoms with Crippen LogP contribution < -0.4 is 5.32 Å². The standard InChI is InChI=1S/C16H16N2O2/c19-11-4-3-7-13-6-1-2-8-14(13)12-18-16(20)15-9-5-10-17-15/h1-2,5-6,8-10,17,19H,4,11-12H2,(H,18,20). The first-order chi connectivity index (χ1) is 9.81. The molecule has 0 bridgehead atoms. The second-order valence-electron chi connectivity index (χ2n) is 4.20. The molecule has 0 saturated carbocycles. The zero-order chi connectivity index (χ0) is 14.2. The average molecular weight is 268 g/mol. The molecule has 0 fully saturated rings. The van der Waals surface area contributed by atoms with Crippen molar-refractivity contribution in [2.24, 2.45) is 0 Å². The number of nitrogens with one attached hydrogen (secondary N) is 2. The maximum absolute atomic E-state index is 11.8. The Hall–Kier alpha value is -2.51. The third-order valence-electron chi connectivity index (χ3n) is 2.76. The number of rotatable bonds is 4. The zero-order valence-corrected chi connectivity index (χ0v) is 11.0. The largest absolute Gasteiger partial charge is 0.395 e. The number of H-pyrrole nitrogens is 1. The van der Waals surface area contributed by atoms with Gasteiger partial charge in [0.1, 0.15) is 5.69 Å². The molecule has 1 aromatic carbocycles. The number of aliphatic hydroxyl groups is 1. The first-order valence-corrected chi connectivity index (χ1v) is 6.40. The van der Waals surface area contributed by atoms with Gasteiger partial charge < -0.3 is 15.4 Å². The number of hydrogen-bond acceptors (Lipinski definition) is 2. The van der Waals surface area contributed by atoms with Crippen molar-refractivity contribution in [3.63, 3.8) is 0 Å². The number of aromatic amines is 1. The Labute approximate surface area is 117 Å². The van der Waals surface area contributed by atoms with E-state index in [9.17, 15) is 4.79 Å². The van der Waals surface area contributed by atoms with E-state index in [4.69, 9.17) is 5.11 Å². The Morgan fingerprint density at radius 2 is 2.10 bits per heavy atom. The number of carbonyl (C=O) groups excluding carboxylic acids is 1. The molecule has 102 valence electrons. The van der Waals surface area contributed by atoms with E-state index in [-0.39, 0.29) is 12.5 Å². The first-order valence-electron chi connectivity index (χ1n) is 6.40. The van der Waals surface area contributed by atoms with Crippen molar-refractivity contribution in [2.75, 3.05) is 6.61 Å². The van der Waals surface area contributed by atoms with Gasteiger partial charge in [-0.15, -0.1) is 0 Å². The van der Waals surface area contributed by atoms with Gasteiger partial charge in [0.25, 0.3) is 5.91 Å². The van der Waals surface area contributed by atoms with E-state index < -0.39 is 0 Å². The summed E-state index contributed by atoms with van der Waals surface area (Å²) < 4.78 is 0. The summed E-state index contributed by atoms with van der Waals surface area (Å²) >= 11 is 0. The second kappa shape index (κ2) is 7.17. The summed E-state index contributed by atoms with van der Waals surface area (Å²) in [5, 5.41) is 11.6. The predicted octanol–water partition coefficient (Wildman–Crippen LogP) is 1.68. The number of benzene rings is 1. The lowest BCUT2D eigenvalue weighted by atomic mass is 10.1. The van der Waals surface area contributed by atoms with Gasteiger partial charge in [-0.25, -0.2) is 0 Å². The van der Waals surface area contributed by atoms with Crippen LogP contribution >= 0.6 is 0 Å². The highest BCUT2D eigenvalue weighted by molar-refractivity contribution is 5.92. The van der Waals surface area contributed by atoms with E-state index in [0.717, 1.165) is 11.1 Å². The van der Waals surface area contributed by atoms with Crippen molar-refractivity contribution in [1.29, 1.82) is 0 Å². The lowest BCUT2D eigenvalue weighted by Gasteiger charge is -2.06. The maximum Gasteiger partial charge on any atom is 0.267 e. The van der Waals surface area contributed by atoms with Crippen LogP contribution in [0.1, 0.15) is 28.0 Å². The molecule has 0 saturated heterocycles. The fourth-order valence-corrected chi connectivity index (χ4v) is 1.75. The molecule has 0 unspecified atom stereocenters. The number of hydrogen-bond donors (Lipinski definition) is 3. The van der Waals surface area contributed by atoms with Crippen LogP contribution in [0.5, 0.6) is 0 Å². The Balaban J connectivity index is 2.03. The molecule has 4 nitrogen and oxygen atoms in total. The monoisotopic (exact) mass is 268 g/mol. The van der Waals surface area contributed by atoms with Gasteiger partial charge in [-0.1, -0.05) is 30.0 Å². The maximum atomic E-state index is 11.8. The van der Waals surface area contributed by atoms with Crippen molar-refractivity contribution >= 4 is 5.91 Å². The highest BCUT2D eigenvalue weighted by Gasteiger charge is 2.06. The van der Waals surface area contributed by atoms with E-state index in [0.29, 0.717) is 18.7 Å². The molecule has 3 N–H and O–H groups in total. The summed E-state index contributed by atoms with van der Waals surface area (Å²) in [6.45, 7) is 0.473. The number of amides is 1. The van der Waals surface area contributed by atoms with Gasteiger partial charge in [0.05, 0.1) is 6.61 Å². The van der Waals surface area contributed by atoms with Crippen molar-refractivity contribution in [3.8, 4) is 11.8 Å². The smallest absolute Gasteiger partial charge is 0.267 e. The van der Waals surface area contributed by atoms with Gasteiger partial charge in [-0.3, -0.25) is 4.79 Å². The van der Waals surface area contributed by atoms with Crippen LogP contribution in [-0.4, -0.2) is 22.6 Å². The lowest BCUT2D eigenvalue weighted by Crippen LogP contribution is -2.23. The fraction of sp³-hybridized carbons (Fsp3) is 0.188. The Kier molecular flexibility index (Phi) is 4.99. The Morgan fingerprint density at radius 3 is 2.85 bits per heavy atom. The molecule has 1 amide bonds. The Morgan fingerprint density at radius 1 is 1.25 bits per heavy atom. The summed E-state index contributed by atoms with van der Waals surface area (Å²) in [6.07, 6.45) is 2.16. The predicted molar refractivity (Wildman–Crippen MR) is 77.0 cm³/mol. The van der Waals surface area contributed by atoms with Gasteiger partial charge in [0.15, 0.2) is 0 Å². The molecule has 0 aliphatic rings. The van der Waals surface area contributed by atoms with E-state index in [1.807, 2.05) is 24.3 Å². The fourth-order valence-electron chi connectivity index (χ4n) is 1.75. The van der Waals surface area contributed by atoms with E-state index in [1.54, 1.807) is 18.3 Å². The second-order valence-corrected chi connectivity index (χ2v) is 4.20. The summed E-state index contributed by atoms with van der Waals surface area (Å²) in [6, 6.07) is 11.1. The third kappa shape index (κ3) is 3.74. The molecule has 4 heteroatoms. The third-order valence-corrected chi connectivity index (χ3v) is 2.76. The van der Waals surface area contributed by atoms with E-state index >= 15 is 0 Å². The van der Waals surface area contributed by atoms with Crippen LogP contribution in [0, 0.1) is 11.8 Å². The van der Waals surface area contributed by atoms with Crippen molar-refractivity contribution in [1.82, 2.24) is 10.3 Å². The number of carbonyl (C=O) groups is 1. The molecule has 0 atom stereocenters. The molecule has 2 rings (SSSR count). The molecular weight excluding hydrogens is 252 g/mol. The minimum atomic E-state index is -0.145. The molecular formula is C16H16N2O2. The minimum absolute atomic E-state index is 0.0543. The highest BCUT2D eigenvalue weighted by Crippen LogP contribution is 2.07. The van der Waals surface area contributed by atoms with Gasteiger partial charge in [-0.05, 0) is 23.8 Å². The summed E-state index contributed by atoms with van der Waals surface area (Å²) in [4.78, 5) is 14.7. The normalized spacial score (nSPS) is 9.65. The van der Waals surface area contributed by atoms with Crippen molar-refractivity contribution in [2.45, 2.75) is 13.0 Å². The molecule has 20 heavy (non-hydrogen) atoms. The molecule has 0 aliphatic heterocycles. The number of aromatic nitrogens is 1. The topological polar surface area (TPSA) is 65.1 Å². The van der Waals surface area contributed by atoms with Crippen molar-refractivity contribution in [3.05, 3.63) is 59.4 Å². The zero-order valence-electron chi connectivity index (χ0n) is 11.0. The minimum Gasteiger partial charge on any atom is -0.395 e. The van der Waals surface area contributed by atoms with E-state index in [2.05, 4.69) is 22.1 Å².